The van der Waals surface area contributed by atoms with Gasteiger partial charge in [0.1, 0.15) is 10.8 Å². The molecule has 2 heterocycles. The number of benzene rings is 3. The maximum Gasteiger partial charge on any atom is 0.346 e. The Morgan fingerprint density at radius 2 is 1.92 bits per heavy atom. The van der Waals surface area contributed by atoms with Crippen LogP contribution in [0.3, 0.4) is 0 Å². The number of anilines is 1. The number of rotatable bonds is 11. The van der Waals surface area contributed by atoms with Gasteiger partial charge < -0.3 is 5.32 Å². The first kappa shape index (κ1) is 35.2. The molecule has 1 aliphatic heterocycles. The molecule has 0 radical (unpaired) electrons. The summed E-state index contributed by atoms with van der Waals surface area (Å²) in [6, 6.07) is 20.7. The number of nitrogens with one attached hydrogen (secondary N) is 2. The molecule has 0 aliphatic carbocycles. The lowest BCUT2D eigenvalue weighted by Gasteiger charge is -2.12. The number of amides is 2. The van der Waals surface area contributed by atoms with E-state index >= 15 is 0 Å². The first-order chi connectivity index (χ1) is 23.7. The van der Waals surface area contributed by atoms with E-state index in [0.29, 0.717) is 35.2 Å². The average Bonchev–Trinajstić information content (AvgIpc) is 3.30. The maximum absolute atomic E-state index is 13.7. The molecule has 0 saturated heterocycles. The van der Waals surface area contributed by atoms with E-state index < -0.39 is 12.0 Å². The molecule has 0 saturated carbocycles. The number of carbonyl (C=O) groups is 2. The first-order valence-corrected chi connectivity index (χ1v) is 17.1. The lowest BCUT2D eigenvalue weighted by Crippen LogP contribution is -2.11. The lowest BCUT2D eigenvalue weighted by atomic mass is 9.96. The zero-order valence-electron chi connectivity index (χ0n) is 27.2. The third kappa shape index (κ3) is 9.29. The fourth-order valence-corrected chi connectivity index (χ4v) is 6.27. The van der Waals surface area contributed by atoms with Crippen molar-refractivity contribution in [1.29, 1.82) is 5.41 Å². The number of hydrogen-bond donors (Lipinski definition) is 2. The van der Waals surface area contributed by atoms with E-state index in [-0.39, 0.29) is 29.4 Å². The Bertz CT molecular complexity index is 1960. The van der Waals surface area contributed by atoms with Crippen molar-refractivity contribution in [3.8, 4) is 0 Å². The van der Waals surface area contributed by atoms with Gasteiger partial charge in [-0.1, -0.05) is 67.7 Å². The molecule has 2 amide bonds. The number of nitrogens with zero attached hydrogens (tertiary/aromatic N) is 3. The van der Waals surface area contributed by atoms with Crippen LogP contribution in [0.15, 0.2) is 108 Å². The molecule has 0 unspecified atom stereocenters. The monoisotopic (exact) mass is 677 g/mol. The molecule has 7 nitrogen and oxygen atoms in total. The summed E-state index contributed by atoms with van der Waals surface area (Å²) in [4.78, 5) is 38.7. The number of halogens is 2. The van der Waals surface area contributed by atoms with E-state index in [1.807, 2.05) is 49.4 Å². The van der Waals surface area contributed by atoms with Gasteiger partial charge in [0.05, 0.1) is 11.3 Å². The molecular weight excluding hydrogens is 641 g/mol. The van der Waals surface area contributed by atoms with E-state index in [0.717, 1.165) is 52.4 Å². The van der Waals surface area contributed by atoms with Crippen molar-refractivity contribution in [1.82, 2.24) is 4.98 Å². The third-order valence-corrected chi connectivity index (χ3v) is 9.11. The molecule has 3 aromatic carbocycles. The number of thioether (sulfide) groups is 1. The number of urea groups is 1. The summed E-state index contributed by atoms with van der Waals surface area (Å²) >= 11 is 1.24. The van der Waals surface area contributed by atoms with Crippen LogP contribution in [0.25, 0.3) is 16.5 Å². The summed E-state index contributed by atoms with van der Waals surface area (Å²) in [6.07, 6.45) is 9.92. The van der Waals surface area contributed by atoms with E-state index in [4.69, 9.17) is 5.41 Å². The maximum atomic E-state index is 13.7. The summed E-state index contributed by atoms with van der Waals surface area (Å²) in [5.74, 6) is -2.63. The van der Waals surface area contributed by atoms with Crippen LogP contribution < -0.4 is 5.32 Å². The zero-order valence-corrected chi connectivity index (χ0v) is 28.0. The highest BCUT2D eigenvalue weighted by Crippen LogP contribution is 2.31. The second-order valence-corrected chi connectivity index (χ2v) is 12.6. The number of hydrogen-bond acceptors (Lipinski definition) is 5. The summed E-state index contributed by atoms with van der Waals surface area (Å²) in [5.41, 5.74) is 5.50. The summed E-state index contributed by atoms with van der Waals surface area (Å²) in [5, 5.41) is 12.7. The van der Waals surface area contributed by atoms with Crippen LogP contribution in [0.2, 0.25) is 0 Å². The molecule has 0 atom stereocenters. The normalized spacial score (nSPS) is 14.6. The van der Waals surface area contributed by atoms with E-state index in [1.54, 1.807) is 36.7 Å². The molecule has 0 fully saturated rings. The van der Waals surface area contributed by atoms with Crippen molar-refractivity contribution in [2.75, 3.05) is 11.1 Å². The number of carbonyl (C=O) groups excluding carboxylic acids is 2. The van der Waals surface area contributed by atoms with Gasteiger partial charge in [-0.2, -0.15) is 13.8 Å². The minimum Gasteiger partial charge on any atom is -0.306 e. The number of allylic oxidation sites excluding steroid dienone is 2. The van der Waals surface area contributed by atoms with Crippen molar-refractivity contribution >= 4 is 62.8 Å². The van der Waals surface area contributed by atoms with Gasteiger partial charge in [-0.3, -0.25) is 15.2 Å². The number of aryl methyl sites for hydroxylation is 2. The number of aromatic nitrogens is 1. The minimum absolute atomic E-state index is 0.0545. The molecule has 4 aromatic rings. The highest BCUT2D eigenvalue weighted by molar-refractivity contribution is 8.14. The van der Waals surface area contributed by atoms with Crippen molar-refractivity contribution in [2.45, 2.75) is 51.4 Å². The number of amidine groups is 1. The molecule has 0 spiro atoms. The molecular formula is C39H37F2N5O2S. The van der Waals surface area contributed by atoms with Gasteiger partial charge in [0.25, 0.3) is 5.92 Å². The highest BCUT2D eigenvalue weighted by Gasteiger charge is 2.26. The standard InChI is InChI=1S/C39H37F2N5O2S/c1-3-27-22-28(37(42)44-20-7-5-6-10-26-14-17-30(18-15-26)39(40,41)4-2)16-19-34(27)45-38(48)46-36-24-29(23-31(47)25-49-36)32-11-8-13-35-33(32)12-9-21-43-35/h4,8-9,11-22,24,42H,2-3,5-7,10,23,25H2,1H3,(H,45,48)/b42-37?,44-20?,46-36-. The van der Waals surface area contributed by atoms with Crippen LogP contribution in [0, 0.1) is 5.41 Å². The van der Waals surface area contributed by atoms with Crippen LogP contribution >= 0.6 is 11.8 Å². The Morgan fingerprint density at radius 3 is 2.69 bits per heavy atom. The molecule has 10 heteroatoms. The van der Waals surface area contributed by atoms with Gasteiger partial charge >= 0.3 is 6.03 Å². The molecule has 49 heavy (non-hydrogen) atoms. The molecule has 1 aromatic heterocycles. The predicted octanol–water partition coefficient (Wildman–Crippen LogP) is 9.60. The molecule has 5 rings (SSSR count). The lowest BCUT2D eigenvalue weighted by molar-refractivity contribution is -0.115. The SMILES string of the molecule is C=CC(F)(F)c1ccc(CCCCC=NC(=N)c2ccc(NC(=O)/N=C3/C=C(c4cccc5ncccc45)CC(=O)CS3)c(CC)c2)cc1. The van der Waals surface area contributed by atoms with Crippen molar-refractivity contribution < 1.29 is 18.4 Å². The summed E-state index contributed by atoms with van der Waals surface area (Å²) in [7, 11) is 0. The average molecular weight is 678 g/mol. The number of ketones is 1. The Morgan fingerprint density at radius 1 is 1.10 bits per heavy atom. The number of unbranched alkanes of at least 4 members (excludes halogenated alkanes) is 2. The predicted molar refractivity (Wildman–Crippen MR) is 197 cm³/mol. The second kappa shape index (κ2) is 16.3. The zero-order chi connectivity index (χ0) is 34.8. The van der Waals surface area contributed by atoms with Crippen molar-refractivity contribution in [2.24, 2.45) is 9.98 Å². The number of pyridine rings is 1. The topological polar surface area (TPSA) is 108 Å². The Balaban J connectivity index is 1.17. The van der Waals surface area contributed by atoms with Gasteiger partial charge in [0, 0.05) is 41.0 Å². The molecule has 250 valence electrons. The highest BCUT2D eigenvalue weighted by atomic mass is 32.2. The molecule has 0 bridgehead atoms. The largest absolute Gasteiger partial charge is 0.346 e. The number of alkyl halides is 2. The molecule has 2 N–H and O–H groups in total. The van der Waals surface area contributed by atoms with Crippen LogP contribution in [-0.2, 0) is 23.6 Å². The summed E-state index contributed by atoms with van der Waals surface area (Å²) < 4.78 is 27.4. The Kier molecular flexibility index (Phi) is 11.7. The van der Waals surface area contributed by atoms with E-state index in [9.17, 15) is 18.4 Å². The fourth-order valence-electron chi connectivity index (χ4n) is 5.49. The van der Waals surface area contributed by atoms with Gasteiger partial charge in [0.15, 0.2) is 5.84 Å². The second-order valence-electron chi connectivity index (χ2n) is 11.6. The number of fused-ring (bicyclic) bond motifs is 1. The smallest absolute Gasteiger partial charge is 0.306 e. The molecule has 1 aliphatic rings. The quantitative estimate of drug-likeness (QED) is 0.0713. The van der Waals surface area contributed by atoms with Crippen molar-refractivity contribution in [3.63, 3.8) is 0 Å². The number of Topliss-reactive ketones (excluding diaryl/α,β-unsaturated/α-hetero) is 1. The number of aliphatic imine (C=N–C) groups is 2. The van der Waals surface area contributed by atoms with E-state index in [2.05, 4.69) is 26.9 Å². The van der Waals surface area contributed by atoms with Gasteiger partial charge in [-0.25, -0.2) is 9.79 Å². The van der Waals surface area contributed by atoms with Crippen LogP contribution in [0.1, 0.15) is 60.4 Å². The van der Waals surface area contributed by atoms with Crippen molar-refractivity contribution in [3.05, 3.63) is 126 Å². The van der Waals surface area contributed by atoms with Crippen LogP contribution in [-0.4, -0.2) is 39.6 Å². The van der Waals surface area contributed by atoms with E-state index in [1.165, 1.54) is 23.9 Å². The first-order valence-electron chi connectivity index (χ1n) is 16.1. The Labute approximate surface area is 288 Å². The minimum atomic E-state index is -3.03. The third-order valence-electron chi connectivity index (χ3n) is 8.14. The van der Waals surface area contributed by atoms with Gasteiger partial charge in [0.2, 0.25) is 0 Å². The summed E-state index contributed by atoms with van der Waals surface area (Å²) in [6.45, 7) is 5.16. The Hall–Kier alpha value is -5.09. The van der Waals surface area contributed by atoms with Gasteiger partial charge in [-0.05, 0) is 96.9 Å². The fraction of sp³-hybridized carbons (Fsp3) is 0.231. The van der Waals surface area contributed by atoms with Gasteiger partial charge in [-0.15, -0.1) is 0 Å². The van der Waals surface area contributed by atoms with Crippen LogP contribution in [0.5, 0.6) is 0 Å². The van der Waals surface area contributed by atoms with Crippen LogP contribution in [0.4, 0.5) is 19.3 Å².